The Balaban J connectivity index is 1.30. The molecular formula is C22H24N6O3. The van der Waals surface area contributed by atoms with E-state index in [1.165, 1.54) is 0 Å². The average molecular weight is 420 g/mol. The molecule has 31 heavy (non-hydrogen) atoms. The number of carbonyl (C=O) groups excluding carboxylic acids is 2. The van der Waals surface area contributed by atoms with Gasteiger partial charge in [0.1, 0.15) is 12.3 Å². The van der Waals surface area contributed by atoms with Crippen LogP contribution in [0.2, 0.25) is 0 Å². The first-order valence-corrected chi connectivity index (χ1v) is 10.1. The molecule has 2 heterocycles. The number of aromatic nitrogens is 3. The first-order valence-electron chi connectivity index (χ1n) is 10.1. The number of urea groups is 1. The molecule has 1 aliphatic rings. The lowest BCUT2D eigenvalue weighted by Gasteiger charge is -2.35. The predicted octanol–water partition coefficient (Wildman–Crippen LogP) is 2.20. The molecule has 4 rings (SSSR count). The van der Waals surface area contributed by atoms with Crippen molar-refractivity contribution < 1.29 is 14.3 Å². The van der Waals surface area contributed by atoms with Gasteiger partial charge in [0.25, 0.3) is 0 Å². The number of carbonyl (C=O) groups is 2. The van der Waals surface area contributed by atoms with Crippen molar-refractivity contribution in [1.82, 2.24) is 25.2 Å². The van der Waals surface area contributed by atoms with Crippen molar-refractivity contribution in [1.29, 1.82) is 0 Å². The zero-order valence-corrected chi connectivity index (χ0v) is 17.0. The van der Waals surface area contributed by atoms with E-state index in [2.05, 4.69) is 20.9 Å². The Morgan fingerprint density at radius 2 is 1.84 bits per heavy atom. The summed E-state index contributed by atoms with van der Waals surface area (Å²) in [6.45, 7) is 1.73. The lowest BCUT2D eigenvalue weighted by atomic mass is 10.0. The van der Waals surface area contributed by atoms with Crippen LogP contribution in [0.15, 0.2) is 66.9 Å². The van der Waals surface area contributed by atoms with Gasteiger partial charge >= 0.3 is 6.03 Å². The Hall–Kier alpha value is -3.72. The van der Waals surface area contributed by atoms with E-state index < -0.39 is 0 Å². The van der Waals surface area contributed by atoms with Gasteiger partial charge in [0, 0.05) is 12.2 Å². The van der Waals surface area contributed by atoms with Gasteiger partial charge in [0.15, 0.2) is 0 Å². The molecule has 160 valence electrons. The Morgan fingerprint density at radius 1 is 1.10 bits per heavy atom. The van der Waals surface area contributed by atoms with E-state index >= 15 is 0 Å². The zero-order valence-electron chi connectivity index (χ0n) is 17.0. The quantitative estimate of drug-likeness (QED) is 0.610. The van der Waals surface area contributed by atoms with Crippen molar-refractivity contribution in [2.75, 3.05) is 25.1 Å². The molecule has 3 aromatic rings. The summed E-state index contributed by atoms with van der Waals surface area (Å²) in [6, 6.07) is 18.6. The normalized spacial score (nSPS) is 16.2. The summed E-state index contributed by atoms with van der Waals surface area (Å²) in [6.07, 6.45) is 1.79. The number of rotatable bonds is 7. The van der Waals surface area contributed by atoms with E-state index in [0.717, 1.165) is 11.3 Å². The molecule has 1 aliphatic heterocycles. The minimum atomic E-state index is -0.281. The Morgan fingerprint density at radius 3 is 2.61 bits per heavy atom. The molecule has 0 bridgehead atoms. The van der Waals surface area contributed by atoms with E-state index in [1.54, 1.807) is 15.8 Å². The molecule has 1 aromatic heterocycles. The zero-order chi connectivity index (χ0) is 21.5. The second kappa shape index (κ2) is 9.86. The lowest BCUT2D eigenvalue weighted by Crippen LogP contribution is -2.43. The summed E-state index contributed by atoms with van der Waals surface area (Å²) >= 11 is 0. The van der Waals surface area contributed by atoms with Crippen molar-refractivity contribution in [3.8, 4) is 0 Å². The van der Waals surface area contributed by atoms with Crippen LogP contribution in [0.1, 0.15) is 17.3 Å². The summed E-state index contributed by atoms with van der Waals surface area (Å²) in [7, 11) is 0. The van der Waals surface area contributed by atoms with Crippen LogP contribution in [0.4, 0.5) is 10.5 Å². The number of hydrogen-bond acceptors (Lipinski definition) is 5. The summed E-state index contributed by atoms with van der Waals surface area (Å²) in [5.74, 6) is -0.0751. The highest BCUT2D eigenvalue weighted by Gasteiger charge is 2.30. The largest absolute Gasteiger partial charge is 0.369 e. The van der Waals surface area contributed by atoms with E-state index in [-0.39, 0.29) is 24.6 Å². The smallest absolute Gasteiger partial charge is 0.319 e. The average Bonchev–Trinajstić information content (AvgIpc) is 3.24. The van der Waals surface area contributed by atoms with Crippen molar-refractivity contribution in [2.24, 2.45) is 0 Å². The van der Waals surface area contributed by atoms with Gasteiger partial charge < -0.3 is 20.3 Å². The van der Waals surface area contributed by atoms with Gasteiger partial charge in [0.2, 0.25) is 5.91 Å². The van der Waals surface area contributed by atoms with Crippen LogP contribution < -0.4 is 10.6 Å². The molecule has 9 heteroatoms. The number of hydrogen-bond donors (Lipinski definition) is 2. The van der Waals surface area contributed by atoms with Gasteiger partial charge in [0.05, 0.1) is 31.9 Å². The molecule has 3 amide bonds. The second-order valence-electron chi connectivity index (χ2n) is 7.18. The molecule has 1 fully saturated rings. The van der Waals surface area contributed by atoms with Gasteiger partial charge in [-0.1, -0.05) is 53.7 Å². The number of ether oxygens (including phenoxy) is 1. The Kier molecular flexibility index (Phi) is 6.53. The van der Waals surface area contributed by atoms with Crippen LogP contribution in [0, 0.1) is 0 Å². The van der Waals surface area contributed by atoms with Crippen LogP contribution in [0.3, 0.4) is 0 Å². The Bertz CT molecular complexity index is 1010. The van der Waals surface area contributed by atoms with E-state index in [9.17, 15) is 9.59 Å². The third-order valence-electron chi connectivity index (χ3n) is 4.96. The van der Waals surface area contributed by atoms with Crippen LogP contribution >= 0.6 is 0 Å². The number of nitrogens with one attached hydrogen (secondary N) is 2. The molecule has 2 N–H and O–H groups in total. The van der Waals surface area contributed by atoms with Crippen LogP contribution in [-0.2, 0) is 22.6 Å². The molecule has 2 aromatic carbocycles. The van der Waals surface area contributed by atoms with Crippen molar-refractivity contribution in [3.05, 3.63) is 78.1 Å². The fourth-order valence-electron chi connectivity index (χ4n) is 3.43. The third kappa shape index (κ3) is 5.46. The fourth-order valence-corrected chi connectivity index (χ4v) is 3.43. The summed E-state index contributed by atoms with van der Waals surface area (Å²) < 4.78 is 7.11. The molecular weight excluding hydrogens is 396 g/mol. The number of amides is 3. The van der Waals surface area contributed by atoms with E-state index in [4.69, 9.17) is 4.74 Å². The molecule has 0 aliphatic carbocycles. The number of morpholine rings is 1. The maximum absolute atomic E-state index is 12.5. The van der Waals surface area contributed by atoms with Crippen LogP contribution in [0.5, 0.6) is 0 Å². The minimum Gasteiger partial charge on any atom is -0.369 e. The van der Waals surface area contributed by atoms with Crippen LogP contribution in [-0.4, -0.2) is 51.6 Å². The maximum Gasteiger partial charge on any atom is 0.319 e. The molecule has 0 saturated carbocycles. The molecule has 0 unspecified atom stereocenters. The summed E-state index contributed by atoms with van der Waals surface area (Å²) in [5, 5.41) is 13.8. The van der Waals surface area contributed by atoms with E-state index in [1.807, 2.05) is 60.7 Å². The number of benzene rings is 2. The standard InChI is InChI=1S/C22H24N6O3/c29-21-16-31-15-20(17-7-3-1-4-8-17)28(21)14-19-13-27(26-25-19)12-11-23-22(30)24-18-9-5-2-6-10-18/h1-10,13,20H,11-12,14-16H2,(H2,23,24,30)/t20-/m0/s1. The monoisotopic (exact) mass is 420 g/mol. The fraction of sp³-hybridized carbons (Fsp3) is 0.273. The first kappa shape index (κ1) is 20.5. The molecule has 1 atom stereocenters. The predicted molar refractivity (Wildman–Crippen MR) is 114 cm³/mol. The van der Waals surface area contributed by atoms with Gasteiger partial charge in [-0.2, -0.15) is 0 Å². The topological polar surface area (TPSA) is 101 Å². The Labute approximate surface area is 180 Å². The van der Waals surface area contributed by atoms with Gasteiger partial charge in [-0.05, 0) is 17.7 Å². The maximum atomic E-state index is 12.5. The number of para-hydroxylation sites is 1. The van der Waals surface area contributed by atoms with Crippen molar-refractivity contribution >= 4 is 17.6 Å². The molecule has 1 saturated heterocycles. The second-order valence-corrected chi connectivity index (χ2v) is 7.18. The van der Waals surface area contributed by atoms with E-state index in [0.29, 0.717) is 31.9 Å². The van der Waals surface area contributed by atoms with Crippen molar-refractivity contribution in [2.45, 2.75) is 19.1 Å². The number of nitrogens with zero attached hydrogens (tertiary/aromatic N) is 4. The highest BCUT2D eigenvalue weighted by molar-refractivity contribution is 5.89. The number of anilines is 1. The molecule has 0 radical (unpaired) electrons. The molecule has 0 spiro atoms. The van der Waals surface area contributed by atoms with Gasteiger partial charge in [-0.15, -0.1) is 5.10 Å². The highest BCUT2D eigenvalue weighted by Crippen LogP contribution is 2.26. The van der Waals surface area contributed by atoms with Crippen molar-refractivity contribution in [3.63, 3.8) is 0 Å². The highest BCUT2D eigenvalue weighted by atomic mass is 16.5. The lowest BCUT2D eigenvalue weighted by molar-refractivity contribution is -0.149. The summed E-state index contributed by atoms with van der Waals surface area (Å²) in [5.41, 5.74) is 2.44. The van der Waals surface area contributed by atoms with Gasteiger partial charge in [-0.3, -0.25) is 9.48 Å². The first-order chi connectivity index (χ1) is 15.2. The third-order valence-corrected chi connectivity index (χ3v) is 4.96. The molecule has 9 nitrogen and oxygen atoms in total. The van der Waals surface area contributed by atoms with Crippen LogP contribution in [0.25, 0.3) is 0 Å². The summed E-state index contributed by atoms with van der Waals surface area (Å²) in [4.78, 5) is 26.2. The van der Waals surface area contributed by atoms with Gasteiger partial charge in [-0.25, -0.2) is 4.79 Å². The SMILES string of the molecule is O=C(NCCn1cc(CN2C(=O)COC[C@H]2c2ccccc2)nn1)Nc1ccccc1. The minimum absolute atomic E-state index is 0.0674.